The first-order valence-corrected chi connectivity index (χ1v) is 9.82. The second-order valence-corrected chi connectivity index (χ2v) is 7.09. The Balaban J connectivity index is 1.64. The van der Waals surface area contributed by atoms with E-state index in [2.05, 4.69) is 20.2 Å². The summed E-state index contributed by atoms with van der Waals surface area (Å²) in [4.78, 5) is 23.8. The number of carbonyl (C=O) groups is 1. The fourth-order valence-corrected chi connectivity index (χ4v) is 3.48. The van der Waals surface area contributed by atoms with Crippen molar-refractivity contribution in [2.24, 2.45) is 0 Å². The Morgan fingerprint density at radius 2 is 1.59 bits per heavy atom. The van der Waals surface area contributed by atoms with Crippen LogP contribution in [0.1, 0.15) is 12.8 Å². The number of nitrogens with zero attached hydrogens (tertiary/aromatic N) is 3. The van der Waals surface area contributed by atoms with E-state index in [0.29, 0.717) is 12.5 Å². The summed E-state index contributed by atoms with van der Waals surface area (Å²) in [5.74, 6) is 1.02. The molecule has 6 nitrogen and oxygen atoms in total. The summed E-state index contributed by atoms with van der Waals surface area (Å²) in [6.07, 6.45) is 2.30. The molecule has 0 radical (unpaired) electrons. The van der Waals surface area contributed by atoms with Crippen LogP contribution in [0.5, 0.6) is 5.75 Å². The molecule has 4 rings (SSSR count). The molecule has 6 heteroatoms. The second kappa shape index (κ2) is 8.84. The summed E-state index contributed by atoms with van der Waals surface area (Å²) in [5, 5.41) is 2.88. The van der Waals surface area contributed by atoms with Crippen molar-refractivity contribution in [1.29, 1.82) is 0 Å². The van der Waals surface area contributed by atoms with Gasteiger partial charge in [-0.3, -0.25) is 15.0 Å². The van der Waals surface area contributed by atoms with Gasteiger partial charge >= 0.3 is 0 Å². The Bertz CT molecular complexity index is 968. The number of hydrogen-bond acceptors (Lipinski definition) is 5. The third-order valence-electron chi connectivity index (χ3n) is 5.00. The van der Waals surface area contributed by atoms with E-state index in [1.54, 1.807) is 7.11 Å². The van der Waals surface area contributed by atoms with E-state index in [0.717, 1.165) is 54.2 Å². The van der Waals surface area contributed by atoms with Crippen LogP contribution in [-0.4, -0.2) is 47.5 Å². The van der Waals surface area contributed by atoms with E-state index >= 15 is 0 Å². The van der Waals surface area contributed by atoms with Gasteiger partial charge in [0.05, 0.1) is 25.0 Å². The van der Waals surface area contributed by atoms with Gasteiger partial charge in [-0.05, 0) is 56.3 Å². The van der Waals surface area contributed by atoms with Gasteiger partial charge in [0.15, 0.2) is 0 Å². The lowest BCUT2D eigenvalue weighted by molar-refractivity contribution is -0.117. The van der Waals surface area contributed by atoms with Gasteiger partial charge in [-0.15, -0.1) is 0 Å². The van der Waals surface area contributed by atoms with Crippen LogP contribution in [-0.2, 0) is 4.79 Å². The highest BCUT2D eigenvalue weighted by atomic mass is 16.5. The SMILES string of the molecule is COc1ccc(-c2cc(-c3ccccc3)nc(NC(=O)CN3CCCC3)n2)cc1. The zero-order valence-corrected chi connectivity index (χ0v) is 16.5. The first-order valence-electron chi connectivity index (χ1n) is 9.82. The molecule has 1 aliphatic heterocycles. The molecule has 148 valence electrons. The highest BCUT2D eigenvalue weighted by Crippen LogP contribution is 2.26. The minimum Gasteiger partial charge on any atom is -0.497 e. The van der Waals surface area contributed by atoms with Crippen LogP contribution < -0.4 is 10.1 Å². The van der Waals surface area contributed by atoms with Crippen LogP contribution in [0, 0.1) is 0 Å². The highest BCUT2D eigenvalue weighted by Gasteiger charge is 2.17. The molecule has 1 fully saturated rings. The molecule has 29 heavy (non-hydrogen) atoms. The Kier molecular flexibility index (Phi) is 5.81. The number of likely N-dealkylation sites (tertiary alicyclic amines) is 1. The molecule has 1 N–H and O–H groups in total. The molecular formula is C23H24N4O2. The van der Waals surface area contributed by atoms with Crippen molar-refractivity contribution in [3.05, 3.63) is 60.7 Å². The van der Waals surface area contributed by atoms with Crippen molar-refractivity contribution in [3.8, 4) is 28.3 Å². The first-order chi connectivity index (χ1) is 14.2. The number of benzene rings is 2. The molecule has 3 aromatic rings. The predicted molar refractivity (Wildman–Crippen MR) is 114 cm³/mol. The molecule has 0 unspecified atom stereocenters. The van der Waals surface area contributed by atoms with Crippen LogP contribution in [0.3, 0.4) is 0 Å². The Labute approximate surface area is 170 Å². The lowest BCUT2D eigenvalue weighted by Gasteiger charge is -2.14. The minimum atomic E-state index is -0.0854. The van der Waals surface area contributed by atoms with Crippen molar-refractivity contribution in [2.75, 3.05) is 32.1 Å². The van der Waals surface area contributed by atoms with Gasteiger partial charge in [-0.2, -0.15) is 0 Å². The Hall–Kier alpha value is -3.25. The molecule has 1 aliphatic rings. The zero-order valence-electron chi connectivity index (χ0n) is 16.5. The fraction of sp³-hybridized carbons (Fsp3) is 0.261. The maximum absolute atomic E-state index is 12.5. The third kappa shape index (κ3) is 4.78. The molecule has 0 saturated carbocycles. The number of nitrogens with one attached hydrogen (secondary N) is 1. The summed E-state index contributed by atoms with van der Waals surface area (Å²) in [7, 11) is 1.64. The standard InChI is InChI=1S/C23H24N4O2/c1-29-19-11-9-18(10-12-19)21-15-20(17-7-3-2-4-8-17)24-23(25-21)26-22(28)16-27-13-5-6-14-27/h2-4,7-12,15H,5-6,13-14,16H2,1H3,(H,24,25,26,28). The monoisotopic (exact) mass is 388 g/mol. The summed E-state index contributed by atoms with van der Waals surface area (Å²) < 4.78 is 5.24. The maximum atomic E-state index is 12.5. The normalized spacial score (nSPS) is 14.0. The van der Waals surface area contributed by atoms with Crippen molar-refractivity contribution >= 4 is 11.9 Å². The number of amides is 1. The number of anilines is 1. The van der Waals surface area contributed by atoms with Crippen LogP contribution in [0.2, 0.25) is 0 Å². The molecule has 2 aromatic carbocycles. The van der Waals surface area contributed by atoms with E-state index in [1.807, 2.05) is 60.7 Å². The molecule has 0 spiro atoms. The van der Waals surface area contributed by atoms with E-state index in [4.69, 9.17) is 4.74 Å². The van der Waals surface area contributed by atoms with Crippen molar-refractivity contribution in [3.63, 3.8) is 0 Å². The summed E-state index contributed by atoms with van der Waals surface area (Å²) in [5.41, 5.74) is 3.42. The average Bonchev–Trinajstić information content (AvgIpc) is 3.27. The number of methoxy groups -OCH3 is 1. The first kappa shape index (κ1) is 19.1. The van der Waals surface area contributed by atoms with Gasteiger partial charge in [0, 0.05) is 11.1 Å². The lowest BCUT2D eigenvalue weighted by Crippen LogP contribution is -2.31. The Morgan fingerprint density at radius 1 is 0.966 bits per heavy atom. The molecule has 1 aromatic heterocycles. The number of rotatable bonds is 6. The molecule has 1 saturated heterocycles. The van der Waals surface area contributed by atoms with Crippen LogP contribution >= 0.6 is 0 Å². The second-order valence-electron chi connectivity index (χ2n) is 7.09. The quantitative estimate of drug-likeness (QED) is 0.695. The number of aromatic nitrogens is 2. The van der Waals surface area contributed by atoms with Gasteiger partial charge < -0.3 is 4.74 Å². The van der Waals surface area contributed by atoms with Crippen LogP contribution in [0.25, 0.3) is 22.5 Å². The average molecular weight is 388 g/mol. The minimum absolute atomic E-state index is 0.0854. The van der Waals surface area contributed by atoms with E-state index in [1.165, 1.54) is 0 Å². The number of hydrogen-bond donors (Lipinski definition) is 1. The highest BCUT2D eigenvalue weighted by molar-refractivity contribution is 5.91. The third-order valence-corrected chi connectivity index (χ3v) is 5.00. The fourth-order valence-electron chi connectivity index (χ4n) is 3.48. The topological polar surface area (TPSA) is 67.3 Å². The van der Waals surface area contributed by atoms with E-state index in [9.17, 15) is 4.79 Å². The van der Waals surface area contributed by atoms with Gasteiger partial charge in [0.1, 0.15) is 5.75 Å². The van der Waals surface area contributed by atoms with Crippen LogP contribution in [0.15, 0.2) is 60.7 Å². The van der Waals surface area contributed by atoms with E-state index < -0.39 is 0 Å². The van der Waals surface area contributed by atoms with Gasteiger partial charge in [-0.1, -0.05) is 30.3 Å². The Morgan fingerprint density at radius 3 is 2.21 bits per heavy atom. The molecule has 1 amide bonds. The smallest absolute Gasteiger partial charge is 0.240 e. The molecule has 2 heterocycles. The summed E-state index contributed by atoms with van der Waals surface area (Å²) >= 11 is 0. The van der Waals surface area contributed by atoms with Gasteiger partial charge in [-0.25, -0.2) is 9.97 Å². The summed E-state index contributed by atoms with van der Waals surface area (Å²) in [6, 6.07) is 19.5. The molecule has 0 bridgehead atoms. The van der Waals surface area contributed by atoms with Crippen molar-refractivity contribution in [1.82, 2.24) is 14.9 Å². The lowest BCUT2D eigenvalue weighted by atomic mass is 10.1. The van der Waals surface area contributed by atoms with Gasteiger partial charge in [0.2, 0.25) is 11.9 Å². The van der Waals surface area contributed by atoms with Crippen molar-refractivity contribution in [2.45, 2.75) is 12.8 Å². The summed E-state index contributed by atoms with van der Waals surface area (Å²) in [6.45, 7) is 2.31. The predicted octanol–water partition coefficient (Wildman–Crippen LogP) is 3.85. The van der Waals surface area contributed by atoms with Crippen molar-refractivity contribution < 1.29 is 9.53 Å². The maximum Gasteiger partial charge on any atom is 0.240 e. The number of carbonyl (C=O) groups excluding carboxylic acids is 1. The molecule has 0 atom stereocenters. The number of ether oxygens (including phenoxy) is 1. The van der Waals surface area contributed by atoms with E-state index in [-0.39, 0.29) is 5.91 Å². The molecule has 0 aliphatic carbocycles. The zero-order chi connectivity index (χ0) is 20.1. The van der Waals surface area contributed by atoms with Crippen LogP contribution in [0.4, 0.5) is 5.95 Å². The van der Waals surface area contributed by atoms with Gasteiger partial charge in [0.25, 0.3) is 0 Å². The molecular weight excluding hydrogens is 364 g/mol. The largest absolute Gasteiger partial charge is 0.497 e.